The van der Waals surface area contributed by atoms with Gasteiger partial charge >= 0.3 is 10.0 Å². The SMILES string of the molecule is O=[N+]([O-])c1cc2c(Cl)nc(-c3ccccn3)nc2s1.O=[N+]([O-])c1cc2c(NCc3ccc4c(c3)OCCO4)nc(-c3ccccn3)nc2s1. The van der Waals surface area contributed by atoms with Gasteiger partial charge in [0.05, 0.1) is 20.6 Å². The lowest BCUT2D eigenvalue weighted by molar-refractivity contribution is -0.380. The van der Waals surface area contributed by atoms with Crippen LogP contribution in [0.4, 0.5) is 15.8 Å². The summed E-state index contributed by atoms with van der Waals surface area (Å²) in [6.07, 6.45) is 3.27. The molecule has 6 aromatic heterocycles. The van der Waals surface area contributed by atoms with Crippen LogP contribution in [0.15, 0.2) is 79.1 Å². The van der Waals surface area contributed by atoms with Crippen molar-refractivity contribution < 1.29 is 19.3 Å². The number of thiophene rings is 2. The van der Waals surface area contributed by atoms with Gasteiger partial charge in [0.15, 0.2) is 23.1 Å². The number of pyridine rings is 2. The number of anilines is 1. The van der Waals surface area contributed by atoms with Gasteiger partial charge in [0.25, 0.3) is 0 Å². The van der Waals surface area contributed by atoms with E-state index in [0.717, 1.165) is 34.0 Å². The second-order valence-corrected chi connectivity index (χ2v) is 12.5. The molecule has 0 unspecified atom stereocenters. The molecular formula is C31H20ClN9O6S2. The van der Waals surface area contributed by atoms with Crippen LogP contribution in [0.1, 0.15) is 5.56 Å². The highest BCUT2D eigenvalue weighted by atomic mass is 35.5. The zero-order valence-electron chi connectivity index (χ0n) is 24.8. The van der Waals surface area contributed by atoms with Crippen molar-refractivity contribution >= 4 is 70.5 Å². The van der Waals surface area contributed by atoms with Crippen molar-refractivity contribution in [2.45, 2.75) is 6.54 Å². The van der Waals surface area contributed by atoms with Crippen LogP contribution in [-0.2, 0) is 6.54 Å². The Morgan fingerprint density at radius 3 is 1.94 bits per heavy atom. The number of nitrogens with zero attached hydrogens (tertiary/aromatic N) is 8. The average Bonchev–Trinajstić information content (AvgIpc) is 3.78. The summed E-state index contributed by atoms with van der Waals surface area (Å²) in [5.41, 5.74) is 2.13. The van der Waals surface area contributed by atoms with Crippen molar-refractivity contribution in [2.75, 3.05) is 18.5 Å². The molecule has 8 rings (SSSR count). The maximum atomic E-state index is 11.3. The molecule has 0 aliphatic carbocycles. The van der Waals surface area contributed by atoms with Gasteiger partial charge in [0.1, 0.15) is 45.2 Å². The number of nitro groups is 2. The number of rotatable bonds is 7. The van der Waals surface area contributed by atoms with Crippen LogP contribution in [0.2, 0.25) is 5.15 Å². The highest BCUT2D eigenvalue weighted by molar-refractivity contribution is 7.22. The van der Waals surface area contributed by atoms with Crippen molar-refractivity contribution in [3.63, 3.8) is 0 Å². The third-order valence-electron chi connectivity index (χ3n) is 6.93. The Morgan fingerprint density at radius 2 is 1.33 bits per heavy atom. The van der Waals surface area contributed by atoms with Gasteiger partial charge in [-0.1, -0.05) is 29.8 Å². The van der Waals surface area contributed by atoms with E-state index in [4.69, 9.17) is 21.1 Å². The smallest absolute Gasteiger partial charge is 0.326 e. The molecule has 1 N–H and O–H groups in total. The standard InChI is InChI=1S/C20H15N5O4S.C11H5ClN4O2S/c26-25(27)17-10-13-18(22-11-12-4-5-15-16(9-12)29-8-7-28-15)23-19(24-20(13)30-17)14-3-1-2-6-21-14;12-9-6-5-8(16(17)18)19-11(6)15-10(14-9)7-3-1-2-4-13-7/h1-6,9-10H,7-8,11H2,(H,22,23,24);1-5H. The van der Waals surface area contributed by atoms with Crippen molar-refractivity contribution in [3.8, 4) is 34.5 Å². The summed E-state index contributed by atoms with van der Waals surface area (Å²) >= 11 is 8.02. The average molecular weight is 714 g/mol. The molecule has 0 spiro atoms. The molecule has 1 aromatic carbocycles. The fraction of sp³-hybridized carbons (Fsp3) is 0.0968. The van der Waals surface area contributed by atoms with Gasteiger partial charge in [-0.05, 0) is 64.6 Å². The first-order valence-electron chi connectivity index (χ1n) is 14.3. The van der Waals surface area contributed by atoms with Crippen molar-refractivity contribution in [2.24, 2.45) is 0 Å². The van der Waals surface area contributed by atoms with E-state index < -0.39 is 9.85 Å². The molecule has 15 nitrogen and oxygen atoms in total. The van der Waals surface area contributed by atoms with E-state index in [1.807, 2.05) is 24.3 Å². The molecular weight excluding hydrogens is 694 g/mol. The van der Waals surface area contributed by atoms with Crippen molar-refractivity contribution in [1.29, 1.82) is 0 Å². The predicted octanol–water partition coefficient (Wildman–Crippen LogP) is 7.36. The molecule has 0 radical (unpaired) electrons. The summed E-state index contributed by atoms with van der Waals surface area (Å²) in [5, 5.41) is 26.6. The number of hydrogen-bond acceptors (Lipinski definition) is 15. The molecule has 1 aliphatic rings. The molecule has 1 aliphatic heterocycles. The number of halogens is 1. The largest absolute Gasteiger partial charge is 0.486 e. The third kappa shape index (κ3) is 6.89. The van der Waals surface area contributed by atoms with Crippen LogP contribution in [0, 0.1) is 20.2 Å². The van der Waals surface area contributed by atoms with Gasteiger partial charge in [0.2, 0.25) is 0 Å². The second kappa shape index (κ2) is 13.7. The molecule has 0 saturated heterocycles. The quantitative estimate of drug-likeness (QED) is 0.0978. The van der Waals surface area contributed by atoms with Crippen molar-refractivity contribution in [1.82, 2.24) is 29.9 Å². The summed E-state index contributed by atoms with van der Waals surface area (Å²) in [6.45, 7) is 1.51. The monoisotopic (exact) mass is 713 g/mol. The van der Waals surface area contributed by atoms with Crippen LogP contribution < -0.4 is 14.8 Å². The minimum Gasteiger partial charge on any atom is -0.486 e. The highest BCUT2D eigenvalue weighted by Gasteiger charge is 2.20. The minimum absolute atomic E-state index is 0.00984. The van der Waals surface area contributed by atoms with E-state index >= 15 is 0 Å². The van der Waals surface area contributed by atoms with Gasteiger partial charge in [-0.3, -0.25) is 30.2 Å². The van der Waals surface area contributed by atoms with E-state index in [1.54, 1.807) is 42.7 Å². The van der Waals surface area contributed by atoms with E-state index in [1.165, 1.54) is 12.1 Å². The molecule has 0 atom stereocenters. The topological polar surface area (TPSA) is 194 Å². The molecule has 7 aromatic rings. The first-order chi connectivity index (χ1) is 23.8. The summed E-state index contributed by atoms with van der Waals surface area (Å²) < 4.78 is 11.2. The van der Waals surface area contributed by atoms with Crippen LogP contribution in [0.3, 0.4) is 0 Å². The normalized spacial score (nSPS) is 11.9. The van der Waals surface area contributed by atoms with Gasteiger partial charge < -0.3 is 14.8 Å². The van der Waals surface area contributed by atoms with Crippen LogP contribution in [0.25, 0.3) is 43.5 Å². The molecule has 244 valence electrons. The van der Waals surface area contributed by atoms with Crippen LogP contribution in [-0.4, -0.2) is 53.0 Å². The van der Waals surface area contributed by atoms with Gasteiger partial charge in [-0.2, -0.15) is 0 Å². The Hall–Kier alpha value is -5.91. The number of fused-ring (bicyclic) bond motifs is 3. The first-order valence-corrected chi connectivity index (χ1v) is 16.4. The van der Waals surface area contributed by atoms with E-state index in [9.17, 15) is 20.2 Å². The Bertz CT molecular complexity index is 2340. The number of benzene rings is 1. The number of hydrogen-bond donors (Lipinski definition) is 1. The van der Waals surface area contributed by atoms with Crippen LogP contribution in [0.5, 0.6) is 11.5 Å². The molecule has 0 bridgehead atoms. The lowest BCUT2D eigenvalue weighted by atomic mass is 10.2. The second-order valence-electron chi connectivity index (χ2n) is 10.1. The predicted molar refractivity (Wildman–Crippen MR) is 184 cm³/mol. The number of nitrogens with one attached hydrogen (secondary N) is 1. The number of ether oxygens (including phenoxy) is 2. The van der Waals surface area contributed by atoms with Gasteiger partial charge in [-0.15, -0.1) is 0 Å². The maximum Gasteiger partial charge on any atom is 0.326 e. The fourth-order valence-corrected chi connectivity index (χ4v) is 6.67. The molecule has 18 heteroatoms. The summed E-state index contributed by atoms with van der Waals surface area (Å²) in [4.78, 5) is 48.0. The molecule has 0 fully saturated rings. The van der Waals surface area contributed by atoms with Gasteiger partial charge in [0, 0.05) is 31.1 Å². The lowest BCUT2D eigenvalue weighted by Crippen LogP contribution is -2.15. The summed E-state index contributed by atoms with van der Waals surface area (Å²) in [7, 11) is 0. The Balaban J connectivity index is 0.000000171. The molecule has 0 amide bonds. The molecule has 7 heterocycles. The summed E-state index contributed by atoms with van der Waals surface area (Å²) in [5.74, 6) is 2.70. The summed E-state index contributed by atoms with van der Waals surface area (Å²) in [6, 6.07) is 19.4. The highest BCUT2D eigenvalue weighted by Crippen LogP contribution is 2.37. The first kappa shape index (κ1) is 31.7. The van der Waals surface area contributed by atoms with E-state index in [0.29, 0.717) is 74.8 Å². The zero-order valence-corrected chi connectivity index (χ0v) is 27.2. The maximum absolute atomic E-state index is 11.3. The van der Waals surface area contributed by atoms with Gasteiger partial charge in [-0.25, -0.2) is 19.9 Å². The van der Waals surface area contributed by atoms with Crippen molar-refractivity contribution in [3.05, 3.63) is 110 Å². The van der Waals surface area contributed by atoms with E-state index in [-0.39, 0.29) is 15.2 Å². The number of aromatic nitrogens is 6. The Kier molecular flexibility index (Phi) is 8.84. The molecule has 0 saturated carbocycles. The third-order valence-corrected chi connectivity index (χ3v) is 9.18. The minimum atomic E-state index is -0.469. The fourth-order valence-electron chi connectivity index (χ4n) is 4.70. The zero-order chi connectivity index (χ0) is 33.9. The van der Waals surface area contributed by atoms with E-state index in [2.05, 4.69) is 35.2 Å². The van der Waals surface area contributed by atoms with Crippen LogP contribution >= 0.6 is 34.3 Å². The Labute approximate surface area is 288 Å². The Morgan fingerprint density at radius 1 is 0.735 bits per heavy atom. The lowest BCUT2D eigenvalue weighted by Gasteiger charge is -2.19. The molecule has 49 heavy (non-hydrogen) atoms.